The monoisotopic (exact) mass is 432 g/mol. The number of hydrogen-bond donors (Lipinski definition) is 1. The van der Waals surface area contributed by atoms with Crippen molar-refractivity contribution in [3.8, 4) is 17.4 Å². The van der Waals surface area contributed by atoms with Crippen molar-refractivity contribution >= 4 is 23.2 Å². The number of benzene rings is 2. The number of nitrogens with one attached hydrogen (secondary N) is 1. The van der Waals surface area contributed by atoms with E-state index in [0.717, 1.165) is 11.1 Å². The van der Waals surface area contributed by atoms with E-state index in [9.17, 15) is 0 Å². The number of pyridine rings is 1. The third kappa shape index (κ3) is 6.26. The van der Waals surface area contributed by atoms with Crippen LogP contribution in [0.1, 0.15) is 11.1 Å². The Labute approximate surface area is 180 Å². The van der Waals surface area contributed by atoms with Crippen LogP contribution in [0.4, 0.5) is 0 Å². The summed E-state index contributed by atoms with van der Waals surface area (Å²) in [7, 11) is 1.61. The molecule has 0 aliphatic carbocycles. The minimum absolute atomic E-state index is 0.261. The minimum Gasteiger partial charge on any atom is -0.493 e. The summed E-state index contributed by atoms with van der Waals surface area (Å²) in [5.41, 5.74) is 1.82. The van der Waals surface area contributed by atoms with Crippen molar-refractivity contribution in [1.29, 1.82) is 0 Å². The van der Waals surface area contributed by atoms with E-state index in [1.54, 1.807) is 31.5 Å². The molecule has 0 unspecified atom stereocenters. The highest BCUT2D eigenvalue weighted by Crippen LogP contribution is 2.31. The van der Waals surface area contributed by atoms with Gasteiger partial charge >= 0.3 is 0 Å². The second-order valence-corrected chi connectivity index (χ2v) is 6.98. The molecule has 0 fully saturated rings. The van der Waals surface area contributed by atoms with Gasteiger partial charge in [0, 0.05) is 41.0 Å². The first-order valence-corrected chi connectivity index (χ1v) is 9.90. The molecule has 0 saturated heterocycles. The zero-order valence-corrected chi connectivity index (χ0v) is 17.5. The van der Waals surface area contributed by atoms with Crippen molar-refractivity contribution < 1.29 is 14.2 Å². The fourth-order valence-corrected chi connectivity index (χ4v) is 3.16. The van der Waals surface area contributed by atoms with Gasteiger partial charge in [-0.05, 0) is 35.9 Å². The van der Waals surface area contributed by atoms with Crippen LogP contribution in [0.25, 0.3) is 0 Å². The summed E-state index contributed by atoms with van der Waals surface area (Å²) < 4.78 is 16.9. The maximum atomic E-state index is 6.20. The first kappa shape index (κ1) is 21.2. The first-order chi connectivity index (χ1) is 14.2. The number of hydrogen-bond acceptors (Lipinski definition) is 5. The van der Waals surface area contributed by atoms with E-state index in [1.165, 1.54) is 0 Å². The summed E-state index contributed by atoms with van der Waals surface area (Å²) in [6, 6.07) is 16.8. The van der Waals surface area contributed by atoms with Crippen LogP contribution in [0.2, 0.25) is 10.0 Å². The lowest BCUT2D eigenvalue weighted by molar-refractivity contribution is 0.284. The number of methoxy groups -OCH3 is 1. The Kier molecular flexibility index (Phi) is 7.99. The molecule has 0 aliphatic heterocycles. The molecule has 0 amide bonds. The van der Waals surface area contributed by atoms with Crippen molar-refractivity contribution in [2.24, 2.45) is 0 Å². The largest absolute Gasteiger partial charge is 0.493 e. The molecular formula is C22H22Cl2N2O3. The smallest absolute Gasteiger partial charge is 0.213 e. The quantitative estimate of drug-likeness (QED) is 0.449. The molecular weight excluding hydrogens is 411 g/mol. The third-order valence-corrected chi connectivity index (χ3v) is 4.87. The van der Waals surface area contributed by atoms with Crippen LogP contribution < -0.4 is 19.5 Å². The molecule has 7 heteroatoms. The summed E-state index contributed by atoms with van der Waals surface area (Å²) >= 11 is 12.4. The SMILES string of the molecule is COc1cc(CNCCOc2ccccn2)ccc1OCc1c(Cl)cccc1Cl. The first-order valence-electron chi connectivity index (χ1n) is 9.14. The lowest BCUT2D eigenvalue weighted by atomic mass is 10.2. The van der Waals surface area contributed by atoms with Crippen molar-refractivity contribution in [1.82, 2.24) is 10.3 Å². The van der Waals surface area contributed by atoms with Gasteiger partial charge in [0.15, 0.2) is 11.5 Å². The van der Waals surface area contributed by atoms with Gasteiger partial charge in [-0.25, -0.2) is 4.98 Å². The van der Waals surface area contributed by atoms with Gasteiger partial charge in [-0.3, -0.25) is 0 Å². The topological polar surface area (TPSA) is 52.6 Å². The van der Waals surface area contributed by atoms with Gasteiger partial charge in [0.2, 0.25) is 5.88 Å². The van der Waals surface area contributed by atoms with E-state index in [4.69, 9.17) is 37.4 Å². The zero-order valence-electron chi connectivity index (χ0n) is 16.0. The minimum atomic E-state index is 0.261. The number of nitrogens with zero attached hydrogens (tertiary/aromatic N) is 1. The Morgan fingerprint density at radius 1 is 0.931 bits per heavy atom. The maximum Gasteiger partial charge on any atom is 0.213 e. The summed E-state index contributed by atoms with van der Waals surface area (Å²) in [6.07, 6.45) is 1.71. The number of aromatic nitrogens is 1. The summed E-state index contributed by atoms with van der Waals surface area (Å²) in [5.74, 6) is 1.90. The van der Waals surface area contributed by atoms with Gasteiger partial charge in [0.1, 0.15) is 13.2 Å². The van der Waals surface area contributed by atoms with E-state index in [1.807, 2.05) is 36.4 Å². The van der Waals surface area contributed by atoms with Crippen molar-refractivity contribution in [3.63, 3.8) is 0 Å². The number of halogens is 2. The molecule has 0 spiro atoms. The predicted molar refractivity (Wildman–Crippen MR) is 115 cm³/mol. The second kappa shape index (κ2) is 10.9. The zero-order chi connectivity index (χ0) is 20.5. The average Bonchev–Trinajstić information content (AvgIpc) is 2.74. The Morgan fingerprint density at radius 2 is 1.76 bits per heavy atom. The fraction of sp³-hybridized carbons (Fsp3) is 0.227. The molecule has 0 saturated carbocycles. The van der Waals surface area contributed by atoms with Gasteiger partial charge in [0.05, 0.1) is 7.11 Å². The standard InChI is InChI=1S/C22H22Cl2N2O3/c1-27-21-13-16(14-25-11-12-28-22-7-2-3-10-26-22)8-9-20(21)29-15-17-18(23)5-4-6-19(17)24/h2-10,13,25H,11-12,14-15H2,1H3. The Bertz CT molecular complexity index is 903. The van der Waals surface area contributed by atoms with Crippen molar-refractivity contribution in [2.45, 2.75) is 13.2 Å². The highest BCUT2D eigenvalue weighted by molar-refractivity contribution is 6.35. The van der Waals surface area contributed by atoms with Gasteiger partial charge in [-0.1, -0.05) is 41.4 Å². The van der Waals surface area contributed by atoms with E-state index < -0.39 is 0 Å². The molecule has 0 radical (unpaired) electrons. The molecule has 3 rings (SSSR count). The van der Waals surface area contributed by atoms with Crippen LogP contribution in [0.5, 0.6) is 17.4 Å². The summed E-state index contributed by atoms with van der Waals surface area (Å²) in [5, 5.41) is 4.48. The van der Waals surface area contributed by atoms with Gasteiger partial charge in [-0.15, -0.1) is 0 Å². The molecule has 1 aromatic heterocycles. The Morgan fingerprint density at radius 3 is 2.48 bits per heavy atom. The Hall–Kier alpha value is -2.47. The maximum absolute atomic E-state index is 6.20. The fourth-order valence-electron chi connectivity index (χ4n) is 2.65. The second-order valence-electron chi connectivity index (χ2n) is 6.17. The predicted octanol–water partition coefficient (Wildman–Crippen LogP) is 5.14. The molecule has 0 atom stereocenters. The van der Waals surface area contributed by atoms with Crippen LogP contribution in [0.15, 0.2) is 60.8 Å². The van der Waals surface area contributed by atoms with Gasteiger partial charge in [0.25, 0.3) is 0 Å². The van der Waals surface area contributed by atoms with Crippen LogP contribution in [0, 0.1) is 0 Å². The van der Waals surface area contributed by atoms with Crippen molar-refractivity contribution in [3.05, 3.63) is 82.0 Å². The van der Waals surface area contributed by atoms with Crippen LogP contribution >= 0.6 is 23.2 Å². The van der Waals surface area contributed by atoms with E-state index >= 15 is 0 Å². The molecule has 152 valence electrons. The molecule has 3 aromatic rings. The highest BCUT2D eigenvalue weighted by atomic mass is 35.5. The van der Waals surface area contributed by atoms with Crippen molar-refractivity contribution in [2.75, 3.05) is 20.3 Å². The molecule has 29 heavy (non-hydrogen) atoms. The molecule has 2 aromatic carbocycles. The van der Waals surface area contributed by atoms with Gasteiger partial charge < -0.3 is 19.5 Å². The van der Waals surface area contributed by atoms with Crippen LogP contribution in [-0.2, 0) is 13.2 Å². The van der Waals surface area contributed by atoms with E-state index in [0.29, 0.717) is 47.1 Å². The molecule has 1 N–H and O–H groups in total. The third-order valence-electron chi connectivity index (χ3n) is 4.16. The van der Waals surface area contributed by atoms with Crippen LogP contribution in [-0.4, -0.2) is 25.2 Å². The summed E-state index contributed by atoms with van der Waals surface area (Å²) in [6.45, 7) is 2.17. The normalized spacial score (nSPS) is 10.6. The average molecular weight is 433 g/mol. The van der Waals surface area contributed by atoms with E-state index in [2.05, 4.69) is 10.3 Å². The van der Waals surface area contributed by atoms with Gasteiger partial charge in [-0.2, -0.15) is 0 Å². The van der Waals surface area contributed by atoms with E-state index in [-0.39, 0.29) is 6.61 Å². The Balaban J connectivity index is 1.50. The highest BCUT2D eigenvalue weighted by Gasteiger charge is 2.10. The molecule has 0 aliphatic rings. The molecule has 5 nitrogen and oxygen atoms in total. The lowest BCUT2D eigenvalue weighted by Gasteiger charge is -2.14. The molecule has 0 bridgehead atoms. The van der Waals surface area contributed by atoms with Crippen LogP contribution in [0.3, 0.4) is 0 Å². The number of ether oxygens (including phenoxy) is 3. The number of rotatable bonds is 10. The molecule has 1 heterocycles. The summed E-state index contributed by atoms with van der Waals surface area (Å²) in [4.78, 5) is 4.12. The lowest BCUT2D eigenvalue weighted by Crippen LogP contribution is -2.20.